The van der Waals surface area contributed by atoms with E-state index in [0.29, 0.717) is 17.7 Å². The number of hydrogen-bond donors (Lipinski definition) is 3. The van der Waals surface area contributed by atoms with Gasteiger partial charge in [0.1, 0.15) is 11.8 Å². The Hall–Kier alpha value is -1.80. The fraction of sp³-hybridized carbons (Fsp3) is 0.538. The van der Waals surface area contributed by atoms with Gasteiger partial charge in [-0.1, -0.05) is 20.8 Å². The fourth-order valence-corrected chi connectivity index (χ4v) is 1.75. The predicted molar refractivity (Wildman–Crippen MR) is 67.9 cm³/mol. The van der Waals surface area contributed by atoms with E-state index in [2.05, 4.69) is 10.3 Å². The number of nitrogens with one attached hydrogen (secondary N) is 2. The van der Waals surface area contributed by atoms with E-state index in [1.165, 1.54) is 12.3 Å². The molecule has 0 bridgehead atoms. The molecule has 0 aliphatic carbocycles. The van der Waals surface area contributed by atoms with Gasteiger partial charge in [-0.2, -0.15) is 5.26 Å². The van der Waals surface area contributed by atoms with Crippen LogP contribution in [0.3, 0.4) is 0 Å². The van der Waals surface area contributed by atoms with Gasteiger partial charge in [-0.05, 0) is 17.9 Å². The van der Waals surface area contributed by atoms with Gasteiger partial charge in [-0.3, -0.25) is 4.79 Å². The number of nitriles is 1. The van der Waals surface area contributed by atoms with Crippen LogP contribution in [0.15, 0.2) is 12.3 Å². The molecule has 3 N–H and O–H groups in total. The van der Waals surface area contributed by atoms with Crippen LogP contribution in [0.5, 0.6) is 0 Å². The molecule has 0 spiro atoms. The maximum absolute atomic E-state index is 11.9. The molecule has 1 heterocycles. The summed E-state index contributed by atoms with van der Waals surface area (Å²) in [5, 5.41) is 20.7. The highest BCUT2D eigenvalue weighted by molar-refractivity contribution is 5.93. The summed E-state index contributed by atoms with van der Waals surface area (Å²) in [6.45, 7) is 6.04. The minimum Gasteiger partial charge on any atom is -0.394 e. The zero-order valence-corrected chi connectivity index (χ0v) is 10.9. The van der Waals surface area contributed by atoms with Crippen LogP contribution in [0.25, 0.3) is 0 Å². The molecule has 1 atom stereocenters. The first-order valence-electron chi connectivity index (χ1n) is 5.86. The summed E-state index contributed by atoms with van der Waals surface area (Å²) < 4.78 is 0. The van der Waals surface area contributed by atoms with E-state index in [1.807, 2.05) is 26.8 Å². The van der Waals surface area contributed by atoms with Crippen molar-refractivity contribution in [2.45, 2.75) is 33.2 Å². The van der Waals surface area contributed by atoms with Crippen LogP contribution >= 0.6 is 0 Å². The van der Waals surface area contributed by atoms with Crippen molar-refractivity contribution in [2.24, 2.45) is 5.41 Å². The zero-order chi connectivity index (χ0) is 13.8. The maximum Gasteiger partial charge on any atom is 0.268 e. The van der Waals surface area contributed by atoms with Crippen molar-refractivity contribution in [3.05, 3.63) is 23.5 Å². The van der Waals surface area contributed by atoms with Crippen molar-refractivity contribution >= 4 is 5.91 Å². The molecule has 1 aromatic rings. The first-order chi connectivity index (χ1) is 8.35. The Kier molecular flexibility index (Phi) is 4.51. The van der Waals surface area contributed by atoms with E-state index >= 15 is 0 Å². The molecule has 0 fully saturated rings. The number of carbonyl (C=O) groups is 1. The van der Waals surface area contributed by atoms with Gasteiger partial charge in [0, 0.05) is 6.20 Å². The number of aliphatic hydroxyl groups is 1. The molecule has 0 saturated carbocycles. The average molecular weight is 249 g/mol. The Morgan fingerprint density at radius 2 is 2.28 bits per heavy atom. The number of aliphatic hydroxyl groups excluding tert-OH is 1. The molecule has 5 heteroatoms. The highest BCUT2D eigenvalue weighted by atomic mass is 16.3. The summed E-state index contributed by atoms with van der Waals surface area (Å²) in [6, 6.07) is 3.15. The van der Waals surface area contributed by atoms with Crippen molar-refractivity contribution in [3.8, 4) is 6.07 Å². The van der Waals surface area contributed by atoms with Gasteiger partial charge in [0.15, 0.2) is 0 Å². The van der Waals surface area contributed by atoms with Crippen LogP contribution in [-0.2, 0) is 0 Å². The summed E-state index contributed by atoms with van der Waals surface area (Å²) in [4.78, 5) is 14.6. The third kappa shape index (κ3) is 4.22. The van der Waals surface area contributed by atoms with E-state index in [-0.39, 0.29) is 24.0 Å². The van der Waals surface area contributed by atoms with E-state index in [4.69, 9.17) is 5.26 Å². The molecule has 0 aromatic carbocycles. The number of nitrogens with zero attached hydrogens (tertiary/aromatic N) is 1. The lowest BCUT2D eigenvalue weighted by molar-refractivity contribution is 0.0893. The van der Waals surface area contributed by atoms with Crippen LogP contribution in [0.2, 0.25) is 0 Å². The molecule has 0 aliphatic rings. The van der Waals surface area contributed by atoms with E-state index in [0.717, 1.165) is 0 Å². The molecule has 1 aromatic heterocycles. The van der Waals surface area contributed by atoms with Crippen molar-refractivity contribution in [2.75, 3.05) is 6.61 Å². The molecule has 0 saturated heterocycles. The van der Waals surface area contributed by atoms with Crippen molar-refractivity contribution in [1.82, 2.24) is 10.3 Å². The summed E-state index contributed by atoms with van der Waals surface area (Å²) in [5.74, 6) is -0.306. The van der Waals surface area contributed by atoms with Crippen molar-refractivity contribution in [1.29, 1.82) is 5.26 Å². The molecule has 1 rings (SSSR count). The van der Waals surface area contributed by atoms with Crippen LogP contribution in [0.1, 0.15) is 43.2 Å². The number of amides is 1. The van der Waals surface area contributed by atoms with Gasteiger partial charge in [0.2, 0.25) is 0 Å². The van der Waals surface area contributed by atoms with Gasteiger partial charge in [-0.15, -0.1) is 0 Å². The fourth-order valence-electron chi connectivity index (χ4n) is 1.75. The smallest absolute Gasteiger partial charge is 0.268 e. The summed E-state index contributed by atoms with van der Waals surface area (Å²) in [7, 11) is 0. The van der Waals surface area contributed by atoms with Gasteiger partial charge >= 0.3 is 0 Å². The van der Waals surface area contributed by atoms with Gasteiger partial charge in [0.05, 0.1) is 18.2 Å². The van der Waals surface area contributed by atoms with Crippen LogP contribution in [0, 0.1) is 16.7 Å². The minimum absolute atomic E-state index is 0.0221. The Morgan fingerprint density at radius 1 is 1.61 bits per heavy atom. The maximum atomic E-state index is 11.9. The Balaban J connectivity index is 2.65. The second kappa shape index (κ2) is 5.69. The monoisotopic (exact) mass is 249 g/mol. The van der Waals surface area contributed by atoms with Crippen LogP contribution in [-0.4, -0.2) is 28.6 Å². The molecule has 0 radical (unpaired) electrons. The van der Waals surface area contributed by atoms with Crippen molar-refractivity contribution in [3.63, 3.8) is 0 Å². The number of H-pyrrole nitrogens is 1. The summed E-state index contributed by atoms with van der Waals surface area (Å²) >= 11 is 0. The van der Waals surface area contributed by atoms with Gasteiger partial charge < -0.3 is 15.4 Å². The number of aromatic amines is 1. The molecule has 98 valence electrons. The lowest BCUT2D eigenvalue weighted by atomic mass is 9.88. The standard InChI is InChI=1S/C13H19N3O2/c1-13(2,3)5-10(8-17)16-12(18)11-4-9(6-14)7-15-11/h4,7,10,15,17H,5,8H2,1-3H3,(H,16,18). The zero-order valence-electron chi connectivity index (χ0n) is 10.9. The third-order valence-corrected chi connectivity index (χ3v) is 2.47. The van der Waals surface area contributed by atoms with Crippen molar-refractivity contribution < 1.29 is 9.90 Å². The summed E-state index contributed by atoms with van der Waals surface area (Å²) in [5.41, 5.74) is 0.768. The summed E-state index contributed by atoms with van der Waals surface area (Å²) in [6.07, 6.45) is 2.16. The molecule has 5 nitrogen and oxygen atoms in total. The normalized spacial score (nSPS) is 12.8. The van der Waals surface area contributed by atoms with E-state index < -0.39 is 0 Å². The number of hydrogen-bond acceptors (Lipinski definition) is 3. The Bertz CT molecular complexity index is 452. The number of aromatic nitrogens is 1. The highest BCUT2D eigenvalue weighted by Crippen LogP contribution is 2.20. The van der Waals surface area contributed by atoms with Gasteiger partial charge in [0.25, 0.3) is 5.91 Å². The average Bonchev–Trinajstić information content (AvgIpc) is 2.74. The Morgan fingerprint density at radius 3 is 2.72 bits per heavy atom. The lowest BCUT2D eigenvalue weighted by Gasteiger charge is -2.25. The van der Waals surface area contributed by atoms with Crippen LogP contribution < -0.4 is 5.32 Å². The highest BCUT2D eigenvalue weighted by Gasteiger charge is 2.20. The first kappa shape index (κ1) is 14.3. The number of rotatable bonds is 4. The lowest BCUT2D eigenvalue weighted by Crippen LogP contribution is -2.40. The Labute approximate surface area is 107 Å². The first-order valence-corrected chi connectivity index (χ1v) is 5.86. The topological polar surface area (TPSA) is 88.9 Å². The largest absolute Gasteiger partial charge is 0.394 e. The molecular weight excluding hydrogens is 230 g/mol. The molecule has 18 heavy (non-hydrogen) atoms. The molecule has 0 aliphatic heterocycles. The number of carbonyl (C=O) groups excluding carboxylic acids is 1. The second-order valence-corrected chi connectivity index (χ2v) is 5.53. The van der Waals surface area contributed by atoms with E-state index in [9.17, 15) is 9.90 Å². The second-order valence-electron chi connectivity index (χ2n) is 5.53. The van der Waals surface area contributed by atoms with E-state index in [1.54, 1.807) is 0 Å². The van der Waals surface area contributed by atoms with Gasteiger partial charge in [-0.25, -0.2) is 0 Å². The predicted octanol–water partition coefficient (Wildman–Crippen LogP) is 1.41. The molecular formula is C13H19N3O2. The molecule has 1 unspecified atom stereocenters. The molecule has 1 amide bonds. The third-order valence-electron chi connectivity index (χ3n) is 2.47. The minimum atomic E-state index is -0.306. The quantitative estimate of drug-likeness (QED) is 0.753. The SMILES string of the molecule is CC(C)(C)CC(CO)NC(=O)c1cc(C#N)c[nH]1. The van der Waals surface area contributed by atoms with Crippen LogP contribution in [0.4, 0.5) is 0 Å².